The van der Waals surface area contributed by atoms with Crippen molar-refractivity contribution >= 4 is 39.7 Å². The summed E-state index contributed by atoms with van der Waals surface area (Å²) in [6, 6.07) is -3.22. The molecule has 0 aromatic carbocycles. The van der Waals surface area contributed by atoms with Crippen molar-refractivity contribution in [3.8, 4) is 0 Å². The summed E-state index contributed by atoms with van der Waals surface area (Å²) in [5.74, 6) is -3.54. The molecule has 6 aliphatic rings. The maximum absolute atomic E-state index is 15.3. The highest BCUT2D eigenvalue weighted by Gasteiger charge is 2.85. The number of likely N-dealkylation sites (tertiary alicyclic amines) is 2. The zero-order valence-electron chi connectivity index (χ0n) is 38.3. The summed E-state index contributed by atoms with van der Waals surface area (Å²) < 4.78 is 55.2. The van der Waals surface area contributed by atoms with Gasteiger partial charge in [0.1, 0.15) is 23.7 Å². The van der Waals surface area contributed by atoms with Gasteiger partial charge < -0.3 is 20.9 Å². The van der Waals surface area contributed by atoms with Gasteiger partial charge >= 0.3 is 10.2 Å². The van der Waals surface area contributed by atoms with Crippen LogP contribution < -0.4 is 20.7 Å². The first-order valence-electron chi connectivity index (χ1n) is 23.2. The number of piperidine rings is 1. The molecule has 17 heteroatoms. The van der Waals surface area contributed by atoms with Crippen LogP contribution in [0.1, 0.15) is 139 Å². The molecular weight excluding hydrogens is 821 g/mol. The highest BCUT2D eigenvalue weighted by Crippen LogP contribution is 2.88. The van der Waals surface area contributed by atoms with E-state index in [2.05, 4.69) is 55.1 Å². The number of nitrogens with one attached hydrogen (secondary N) is 4. The van der Waals surface area contributed by atoms with Crippen molar-refractivity contribution in [2.45, 2.75) is 181 Å². The van der Waals surface area contributed by atoms with Crippen LogP contribution in [0, 0.1) is 33.5 Å². The molecule has 4 aliphatic carbocycles. The van der Waals surface area contributed by atoms with Gasteiger partial charge in [-0.3, -0.25) is 28.9 Å². The van der Waals surface area contributed by atoms with Crippen molar-refractivity contribution in [2.75, 3.05) is 26.2 Å². The first-order valence-corrected chi connectivity index (χ1v) is 24.6. The lowest BCUT2D eigenvalue weighted by molar-refractivity contribution is -0.145. The Morgan fingerprint density at radius 1 is 0.887 bits per heavy atom. The quantitative estimate of drug-likeness (QED) is 0.162. The Kier molecular flexibility index (Phi) is 13.7. The number of nitrogens with zero attached hydrogens (tertiary/aromatic N) is 3. The van der Waals surface area contributed by atoms with Crippen LogP contribution in [0.25, 0.3) is 0 Å². The number of carbonyl (C=O) groups is 5. The zero-order valence-corrected chi connectivity index (χ0v) is 39.1. The van der Waals surface area contributed by atoms with Gasteiger partial charge in [0, 0.05) is 30.5 Å². The Bertz CT molecular complexity index is 1860. The Hall–Kier alpha value is -3.18. The highest BCUT2D eigenvalue weighted by atomic mass is 32.2. The summed E-state index contributed by atoms with van der Waals surface area (Å²) in [5.41, 5.74) is -3.29. The second-order valence-electron chi connectivity index (χ2n) is 21.1. The van der Waals surface area contributed by atoms with Crippen LogP contribution in [0.5, 0.6) is 0 Å². The Morgan fingerprint density at radius 2 is 1.53 bits per heavy atom. The molecule has 0 radical (unpaired) electrons. The third-order valence-corrected chi connectivity index (χ3v) is 17.8. The van der Waals surface area contributed by atoms with Gasteiger partial charge in [-0.25, -0.2) is 13.5 Å². The van der Waals surface area contributed by atoms with Crippen molar-refractivity contribution in [1.29, 1.82) is 0 Å². The third kappa shape index (κ3) is 8.56. The molecule has 4 saturated carbocycles. The predicted octanol–water partition coefficient (Wildman–Crippen LogP) is 4.65. The molecule has 4 N–H and O–H groups in total. The number of alkyl halides is 2. The summed E-state index contributed by atoms with van der Waals surface area (Å²) in [5, 5.41) is 9.11. The highest BCUT2D eigenvalue weighted by molar-refractivity contribution is 7.87. The molecule has 14 nitrogen and oxygen atoms in total. The van der Waals surface area contributed by atoms with E-state index in [4.69, 9.17) is 0 Å². The van der Waals surface area contributed by atoms with E-state index >= 15 is 4.79 Å². The Balaban J connectivity index is 1.28. The van der Waals surface area contributed by atoms with Gasteiger partial charge in [-0.2, -0.15) is 12.7 Å². The molecule has 0 unspecified atom stereocenters. The molecule has 6 fully saturated rings. The molecule has 0 aromatic heterocycles. The molecule has 350 valence electrons. The second kappa shape index (κ2) is 17.7. The molecule has 0 bridgehead atoms. The van der Waals surface area contributed by atoms with E-state index in [0.29, 0.717) is 17.1 Å². The van der Waals surface area contributed by atoms with E-state index in [1.165, 1.54) is 13.0 Å². The molecule has 62 heavy (non-hydrogen) atoms. The van der Waals surface area contributed by atoms with E-state index in [-0.39, 0.29) is 54.2 Å². The first kappa shape index (κ1) is 48.3. The molecule has 2 spiro atoms. The summed E-state index contributed by atoms with van der Waals surface area (Å²) >= 11 is 0. The van der Waals surface area contributed by atoms with Gasteiger partial charge in [-0.15, -0.1) is 6.58 Å². The summed E-state index contributed by atoms with van der Waals surface area (Å²) in [4.78, 5) is 76.4. The lowest BCUT2D eigenvalue weighted by Gasteiger charge is -2.40. The van der Waals surface area contributed by atoms with Gasteiger partial charge in [0.25, 0.3) is 12.3 Å². The van der Waals surface area contributed by atoms with E-state index < -0.39 is 87.2 Å². The van der Waals surface area contributed by atoms with Crippen molar-refractivity contribution in [3.05, 3.63) is 12.7 Å². The number of hydrogen-bond acceptors (Lipinski definition) is 8. The van der Waals surface area contributed by atoms with Crippen LogP contribution in [-0.4, -0.2) is 120 Å². The van der Waals surface area contributed by atoms with Crippen molar-refractivity contribution in [3.63, 3.8) is 0 Å². The summed E-state index contributed by atoms with van der Waals surface area (Å²) in [6.07, 6.45) is 8.80. The standard InChI is InChI=1S/C45H73F2N7O7S/c1-10-30-24-45(30,40(59)51-62(60,61)52(11-2)26-33(46)47)50-37(56)32-25-44(42(8,9)43(44)21-17-22-43)27-54(32)39(58)35(41(5,6)7)49-38(57)34(29-18-13-12-14-19-29)48-36(55)31-20-15-16-23-53(31)28(3)4/h10,28-35H,1,11-27H2,2-9H3,(H,48,55)(H,49,57)(H,50,56)(H,51,59)/t30-,31+,32+,34+,35-,44-,45-/m1/s1. The molecule has 2 heterocycles. The van der Waals surface area contributed by atoms with Crippen LogP contribution in [0.2, 0.25) is 0 Å². The minimum absolute atomic E-state index is 0.0243. The Labute approximate surface area is 368 Å². The molecule has 7 atom stereocenters. The SMILES string of the molecule is C=C[C@@H]1C[C@]1(NC(=O)[C@@H]1C[C@@]2(CN1C(=O)[C@@H](NC(=O)[C@@H](NC(=O)[C@@H]1CCCCN1C(C)C)C1CCCCC1)C(C)(C)C)C(C)(C)C21CCC1)C(=O)NS(=O)(=O)N(CC)CC(F)F. The van der Waals surface area contributed by atoms with E-state index in [0.717, 1.165) is 70.8 Å². The molecule has 2 saturated heterocycles. The lowest BCUT2D eigenvalue weighted by Crippen LogP contribution is -2.63. The first-order chi connectivity index (χ1) is 28.9. The molecule has 5 amide bonds. The number of carbonyl (C=O) groups excluding carboxylic acids is 5. The number of amides is 5. The predicted molar refractivity (Wildman–Crippen MR) is 231 cm³/mol. The van der Waals surface area contributed by atoms with Crippen molar-refractivity contribution < 1.29 is 41.2 Å². The monoisotopic (exact) mass is 894 g/mol. The van der Waals surface area contributed by atoms with Gasteiger partial charge in [0.15, 0.2) is 0 Å². The van der Waals surface area contributed by atoms with Crippen molar-refractivity contribution in [2.24, 2.45) is 33.5 Å². The van der Waals surface area contributed by atoms with Gasteiger partial charge in [-0.1, -0.05) is 79.7 Å². The van der Waals surface area contributed by atoms with Gasteiger partial charge in [0.05, 0.1) is 12.6 Å². The normalized spacial score (nSPS) is 30.5. The fourth-order valence-corrected chi connectivity index (χ4v) is 13.4. The maximum Gasteiger partial charge on any atom is 0.304 e. The third-order valence-electron chi connectivity index (χ3n) is 16.3. The maximum atomic E-state index is 15.3. The molecule has 6 rings (SSSR count). The fourth-order valence-electron chi connectivity index (χ4n) is 12.2. The second-order valence-corrected chi connectivity index (χ2v) is 22.8. The molecular formula is C45H73F2N7O7S. The largest absolute Gasteiger partial charge is 0.343 e. The van der Waals surface area contributed by atoms with Crippen LogP contribution in [0.3, 0.4) is 0 Å². The zero-order chi connectivity index (χ0) is 45.8. The van der Waals surface area contributed by atoms with Crippen LogP contribution in [-0.2, 0) is 34.2 Å². The van der Waals surface area contributed by atoms with Crippen LogP contribution >= 0.6 is 0 Å². The van der Waals surface area contributed by atoms with Gasteiger partial charge in [-0.05, 0) is 93.9 Å². The molecule has 2 aliphatic heterocycles. The topological polar surface area (TPSA) is 177 Å². The number of rotatable bonds is 16. The minimum Gasteiger partial charge on any atom is -0.343 e. The van der Waals surface area contributed by atoms with Crippen molar-refractivity contribution in [1.82, 2.24) is 34.8 Å². The van der Waals surface area contributed by atoms with E-state index in [1.54, 1.807) is 4.90 Å². The van der Waals surface area contributed by atoms with E-state index in [9.17, 15) is 36.4 Å². The summed E-state index contributed by atoms with van der Waals surface area (Å²) in [6.45, 7) is 18.9. The smallest absolute Gasteiger partial charge is 0.304 e. The average molecular weight is 894 g/mol. The van der Waals surface area contributed by atoms with Gasteiger partial charge in [0.2, 0.25) is 23.6 Å². The average Bonchev–Trinajstić information content (AvgIpc) is 3.92. The van der Waals surface area contributed by atoms with Crippen LogP contribution in [0.15, 0.2) is 12.7 Å². The number of halogens is 2. The minimum atomic E-state index is -4.70. The fraction of sp³-hybridized carbons (Fsp3) is 0.844. The number of hydrogen-bond donors (Lipinski definition) is 4. The van der Waals surface area contributed by atoms with E-state index in [1.807, 2.05) is 25.5 Å². The summed E-state index contributed by atoms with van der Waals surface area (Å²) in [7, 11) is -4.70. The van der Waals surface area contributed by atoms with Crippen LogP contribution in [0.4, 0.5) is 8.78 Å². The Morgan fingerprint density at radius 3 is 2.05 bits per heavy atom. The molecule has 0 aromatic rings. The number of fused-ring (bicyclic) bond motifs is 1. The lowest BCUT2D eigenvalue weighted by atomic mass is 9.73.